The van der Waals surface area contributed by atoms with E-state index in [1.807, 2.05) is 0 Å². The van der Waals surface area contributed by atoms with Crippen LogP contribution < -0.4 is 0 Å². The first-order chi connectivity index (χ1) is 8.62. The molecular weight excluding hydrogens is 316 g/mol. The Morgan fingerprint density at radius 3 is 2.05 bits per heavy atom. The summed E-state index contributed by atoms with van der Waals surface area (Å²) in [4.78, 5) is -1.99. The number of fused-ring (bicyclic) bond motifs is 1. The molecule has 9 heteroatoms. The van der Waals surface area contributed by atoms with E-state index in [-0.39, 0.29) is 5.39 Å². The maximum absolute atomic E-state index is 11.3. The molecule has 19 heavy (non-hydrogen) atoms. The molecule has 102 valence electrons. The molecule has 2 rings (SSSR count). The summed E-state index contributed by atoms with van der Waals surface area (Å²) in [5.74, 6) is 0. The summed E-state index contributed by atoms with van der Waals surface area (Å²) in [6.07, 6.45) is 0. The van der Waals surface area contributed by atoms with Crippen molar-refractivity contribution in [1.82, 2.24) is 0 Å². The van der Waals surface area contributed by atoms with Crippen LogP contribution in [0, 0.1) is 0 Å². The lowest BCUT2D eigenvalue weighted by molar-refractivity contribution is 0.467. The Hall–Kier alpha value is -1.19. The normalized spacial score (nSPS) is 12.8. The van der Waals surface area contributed by atoms with E-state index < -0.39 is 35.0 Å². The summed E-state index contributed by atoms with van der Waals surface area (Å²) in [5.41, 5.74) is 0. The standard InChI is InChI=1S/C10H7ClO6S2/c11-9-7-4-2-1-3-6(7)5-8(18(12,13)14)10(9)19(15,16)17/h1-5H,(H,12,13,14)(H,15,16,17). The summed E-state index contributed by atoms with van der Waals surface area (Å²) in [6, 6.07) is 7.03. The Kier molecular flexibility index (Phi) is 3.31. The van der Waals surface area contributed by atoms with Crippen LogP contribution in [0.1, 0.15) is 0 Å². The minimum Gasteiger partial charge on any atom is -0.282 e. The lowest BCUT2D eigenvalue weighted by Crippen LogP contribution is -2.09. The minimum absolute atomic E-state index is 0.240. The van der Waals surface area contributed by atoms with Gasteiger partial charge in [-0.15, -0.1) is 0 Å². The van der Waals surface area contributed by atoms with E-state index >= 15 is 0 Å². The number of benzene rings is 2. The maximum Gasteiger partial charge on any atom is 0.297 e. The van der Waals surface area contributed by atoms with Gasteiger partial charge in [-0.3, -0.25) is 9.11 Å². The molecule has 6 nitrogen and oxygen atoms in total. The molecule has 0 saturated carbocycles. The molecule has 2 N–H and O–H groups in total. The molecule has 0 fully saturated rings. The predicted octanol–water partition coefficient (Wildman–Crippen LogP) is 1.99. The first kappa shape index (κ1) is 14.2. The molecule has 2 aromatic rings. The van der Waals surface area contributed by atoms with Gasteiger partial charge in [-0.05, 0) is 11.5 Å². The van der Waals surface area contributed by atoms with Crippen LogP contribution in [0.5, 0.6) is 0 Å². The summed E-state index contributed by atoms with van der Waals surface area (Å²) in [6.45, 7) is 0. The van der Waals surface area contributed by atoms with Crippen molar-refractivity contribution in [2.24, 2.45) is 0 Å². The number of hydrogen-bond donors (Lipinski definition) is 2. The zero-order valence-electron chi connectivity index (χ0n) is 9.11. The van der Waals surface area contributed by atoms with Gasteiger partial charge in [0.25, 0.3) is 20.2 Å². The van der Waals surface area contributed by atoms with Crippen molar-refractivity contribution in [2.75, 3.05) is 0 Å². The smallest absolute Gasteiger partial charge is 0.282 e. The van der Waals surface area contributed by atoms with Gasteiger partial charge in [-0.1, -0.05) is 35.9 Å². The summed E-state index contributed by atoms with van der Waals surface area (Å²) < 4.78 is 63.1. The Morgan fingerprint density at radius 2 is 1.53 bits per heavy atom. The zero-order chi connectivity index (χ0) is 14.4. The predicted molar refractivity (Wildman–Crippen MR) is 68.6 cm³/mol. The average Bonchev–Trinajstić information content (AvgIpc) is 2.26. The Labute approximate surface area is 114 Å². The fraction of sp³-hybridized carbons (Fsp3) is 0. The van der Waals surface area contributed by atoms with Crippen LogP contribution in [0.2, 0.25) is 5.02 Å². The van der Waals surface area contributed by atoms with E-state index in [1.165, 1.54) is 12.1 Å². The molecule has 0 unspecified atom stereocenters. The van der Waals surface area contributed by atoms with Crippen LogP contribution in [0.4, 0.5) is 0 Å². The first-order valence-corrected chi connectivity index (χ1v) is 8.04. The molecule has 0 bridgehead atoms. The number of rotatable bonds is 2. The van der Waals surface area contributed by atoms with Crippen molar-refractivity contribution < 1.29 is 25.9 Å². The lowest BCUT2D eigenvalue weighted by atomic mass is 10.1. The average molecular weight is 323 g/mol. The van der Waals surface area contributed by atoms with Crippen molar-refractivity contribution in [1.29, 1.82) is 0 Å². The summed E-state index contributed by atoms with van der Waals surface area (Å²) in [5, 5.41) is 0.0879. The minimum atomic E-state index is -4.91. The number of halogens is 1. The fourth-order valence-corrected chi connectivity index (χ4v) is 4.21. The van der Waals surface area contributed by atoms with Crippen LogP contribution >= 0.6 is 11.6 Å². The van der Waals surface area contributed by atoms with Crippen LogP contribution in [-0.4, -0.2) is 25.9 Å². The van der Waals surface area contributed by atoms with E-state index in [4.69, 9.17) is 20.7 Å². The SMILES string of the molecule is O=S(=O)(O)c1cc2ccccc2c(Cl)c1S(=O)(=O)O. The Bertz CT molecular complexity index is 870. The van der Waals surface area contributed by atoms with Gasteiger partial charge in [0.15, 0.2) is 0 Å². The van der Waals surface area contributed by atoms with E-state index in [1.54, 1.807) is 12.1 Å². The molecule has 0 saturated heterocycles. The highest BCUT2D eigenvalue weighted by atomic mass is 35.5. The molecule has 0 aliphatic heterocycles. The molecule has 0 amide bonds. The summed E-state index contributed by atoms with van der Waals surface area (Å²) in [7, 11) is -9.76. The molecule has 0 heterocycles. The molecule has 2 aromatic carbocycles. The second kappa shape index (κ2) is 4.43. The molecule has 0 spiro atoms. The van der Waals surface area contributed by atoms with E-state index in [0.29, 0.717) is 5.39 Å². The third kappa shape index (κ3) is 2.58. The van der Waals surface area contributed by atoms with Gasteiger partial charge in [-0.2, -0.15) is 16.8 Å². The third-order valence-electron chi connectivity index (χ3n) is 2.44. The first-order valence-electron chi connectivity index (χ1n) is 4.78. The highest BCUT2D eigenvalue weighted by Gasteiger charge is 2.28. The van der Waals surface area contributed by atoms with Gasteiger partial charge in [-0.25, -0.2) is 0 Å². The Morgan fingerprint density at radius 1 is 0.947 bits per heavy atom. The van der Waals surface area contributed by atoms with Gasteiger partial charge in [0.1, 0.15) is 9.79 Å². The molecule has 0 atom stereocenters. The molecular formula is C10H7ClO6S2. The molecule has 0 radical (unpaired) electrons. The largest absolute Gasteiger partial charge is 0.297 e. The fourth-order valence-electron chi connectivity index (χ4n) is 1.69. The highest BCUT2D eigenvalue weighted by molar-refractivity contribution is 7.89. The van der Waals surface area contributed by atoms with Crippen LogP contribution in [0.25, 0.3) is 10.8 Å². The highest BCUT2D eigenvalue weighted by Crippen LogP contribution is 2.35. The van der Waals surface area contributed by atoms with E-state index in [9.17, 15) is 16.8 Å². The van der Waals surface area contributed by atoms with E-state index in [2.05, 4.69) is 0 Å². The van der Waals surface area contributed by atoms with Crippen molar-refractivity contribution in [3.63, 3.8) is 0 Å². The topological polar surface area (TPSA) is 109 Å². The van der Waals surface area contributed by atoms with Crippen LogP contribution in [0.15, 0.2) is 40.1 Å². The molecule has 0 aromatic heterocycles. The van der Waals surface area contributed by atoms with Gasteiger partial charge < -0.3 is 0 Å². The summed E-state index contributed by atoms with van der Waals surface area (Å²) >= 11 is 5.82. The van der Waals surface area contributed by atoms with Gasteiger partial charge in [0.2, 0.25) is 0 Å². The quantitative estimate of drug-likeness (QED) is 0.818. The van der Waals surface area contributed by atoms with Crippen LogP contribution in [0.3, 0.4) is 0 Å². The second-order valence-electron chi connectivity index (χ2n) is 3.69. The van der Waals surface area contributed by atoms with Crippen molar-refractivity contribution in [2.45, 2.75) is 9.79 Å². The lowest BCUT2D eigenvalue weighted by Gasteiger charge is -2.09. The van der Waals surface area contributed by atoms with Gasteiger partial charge in [0.05, 0.1) is 5.02 Å². The monoisotopic (exact) mass is 322 g/mol. The third-order valence-corrected chi connectivity index (χ3v) is 4.89. The molecule has 0 aliphatic carbocycles. The maximum atomic E-state index is 11.3. The van der Waals surface area contributed by atoms with Gasteiger partial charge in [0, 0.05) is 5.39 Å². The van der Waals surface area contributed by atoms with Crippen LogP contribution in [-0.2, 0) is 20.2 Å². The Balaban J connectivity index is 3.11. The van der Waals surface area contributed by atoms with Crippen molar-refractivity contribution in [3.05, 3.63) is 35.4 Å². The van der Waals surface area contributed by atoms with Gasteiger partial charge >= 0.3 is 0 Å². The van der Waals surface area contributed by atoms with Crippen molar-refractivity contribution in [3.8, 4) is 0 Å². The zero-order valence-corrected chi connectivity index (χ0v) is 11.5. The van der Waals surface area contributed by atoms with Crippen molar-refractivity contribution >= 4 is 42.6 Å². The number of hydrogen-bond acceptors (Lipinski definition) is 4. The molecule has 0 aliphatic rings. The second-order valence-corrected chi connectivity index (χ2v) is 6.82. The van der Waals surface area contributed by atoms with E-state index in [0.717, 1.165) is 6.07 Å².